The average Bonchev–Trinajstić information content (AvgIpc) is 3.04. The van der Waals surface area contributed by atoms with Gasteiger partial charge in [0.2, 0.25) is 11.8 Å². The number of thioether (sulfide) groups is 1. The molecule has 1 fully saturated rings. The largest absolute Gasteiger partial charge is 0.489 e. The first-order valence-corrected chi connectivity index (χ1v) is 9.80. The predicted molar refractivity (Wildman–Crippen MR) is 109 cm³/mol. The number of rotatable bonds is 8. The number of hydrogen-bond donors (Lipinski definition) is 1. The summed E-state index contributed by atoms with van der Waals surface area (Å²) in [5.74, 6) is 0.388. The Morgan fingerprint density at radius 3 is 2.71 bits per heavy atom. The second-order valence-corrected chi connectivity index (χ2v) is 7.00. The molecule has 0 atom stereocenters. The smallest absolute Gasteiger partial charge is 0.288 e. The highest BCUT2D eigenvalue weighted by Gasteiger charge is 2.29. The summed E-state index contributed by atoms with van der Waals surface area (Å²) in [5.41, 5.74) is 1.91. The second kappa shape index (κ2) is 9.75. The van der Waals surface area contributed by atoms with Gasteiger partial charge in [-0.1, -0.05) is 54.2 Å². The van der Waals surface area contributed by atoms with Gasteiger partial charge in [0.25, 0.3) is 5.24 Å². The molecule has 1 aliphatic rings. The van der Waals surface area contributed by atoms with E-state index in [9.17, 15) is 14.4 Å². The van der Waals surface area contributed by atoms with E-state index in [4.69, 9.17) is 4.74 Å². The summed E-state index contributed by atoms with van der Waals surface area (Å²) in [6.45, 7) is 0.884. The van der Waals surface area contributed by atoms with Crippen LogP contribution in [0.5, 0.6) is 5.75 Å². The van der Waals surface area contributed by atoms with Crippen molar-refractivity contribution < 1.29 is 19.1 Å². The fourth-order valence-corrected chi connectivity index (χ4v) is 3.32. The summed E-state index contributed by atoms with van der Waals surface area (Å²) >= 11 is 0.983. The minimum Gasteiger partial charge on any atom is -0.489 e. The van der Waals surface area contributed by atoms with Crippen molar-refractivity contribution in [2.24, 2.45) is 0 Å². The number of carbonyl (C=O) groups is 3. The molecule has 0 radical (unpaired) electrons. The van der Waals surface area contributed by atoms with E-state index in [1.165, 1.54) is 6.08 Å². The van der Waals surface area contributed by atoms with Gasteiger partial charge in [0.15, 0.2) is 0 Å². The minimum atomic E-state index is -0.289. The summed E-state index contributed by atoms with van der Waals surface area (Å²) in [5, 5.41) is 2.41. The zero-order valence-electron chi connectivity index (χ0n) is 15.2. The van der Waals surface area contributed by atoms with Gasteiger partial charge in [-0.3, -0.25) is 19.3 Å². The fraction of sp³-hybridized carbons (Fsp3) is 0.190. The molecule has 1 N–H and O–H groups in total. The molecule has 0 aromatic heterocycles. The molecule has 0 saturated carbocycles. The molecule has 28 heavy (non-hydrogen) atoms. The SMILES string of the molecule is O=C(/C=C/c1cccc(OCc2ccccc2)c1)NCCN1C(=O)CSC1=O. The van der Waals surface area contributed by atoms with Crippen molar-refractivity contribution in [3.8, 4) is 5.75 Å². The summed E-state index contributed by atoms with van der Waals surface area (Å²) in [7, 11) is 0. The van der Waals surface area contributed by atoms with Gasteiger partial charge >= 0.3 is 0 Å². The summed E-state index contributed by atoms with van der Waals surface area (Å²) in [4.78, 5) is 36.1. The number of hydrogen-bond acceptors (Lipinski definition) is 5. The van der Waals surface area contributed by atoms with E-state index in [2.05, 4.69) is 5.32 Å². The molecule has 1 saturated heterocycles. The van der Waals surface area contributed by atoms with Crippen LogP contribution in [0.3, 0.4) is 0 Å². The highest BCUT2D eigenvalue weighted by Crippen LogP contribution is 2.18. The number of amides is 3. The molecule has 0 unspecified atom stereocenters. The Morgan fingerprint density at radius 1 is 1.14 bits per heavy atom. The molecule has 2 aromatic carbocycles. The van der Waals surface area contributed by atoms with E-state index < -0.39 is 0 Å². The summed E-state index contributed by atoms with van der Waals surface area (Å²) in [6.07, 6.45) is 3.10. The van der Waals surface area contributed by atoms with Crippen molar-refractivity contribution in [3.05, 3.63) is 71.8 Å². The maximum atomic E-state index is 11.9. The Bertz CT molecular complexity index is 867. The highest BCUT2D eigenvalue weighted by atomic mass is 32.2. The van der Waals surface area contributed by atoms with Crippen LogP contribution in [-0.4, -0.2) is 40.8 Å². The van der Waals surface area contributed by atoms with Gasteiger partial charge in [-0.25, -0.2) is 0 Å². The van der Waals surface area contributed by atoms with Gasteiger partial charge in [0.1, 0.15) is 12.4 Å². The monoisotopic (exact) mass is 396 g/mol. The molecule has 0 spiro atoms. The standard InChI is InChI=1S/C21H20N2O4S/c24-19(22-11-12-23-20(25)15-28-21(23)26)10-9-16-7-4-8-18(13-16)27-14-17-5-2-1-3-6-17/h1-10,13H,11-12,14-15H2,(H,22,24)/b10-9+. The molecule has 1 heterocycles. The molecule has 144 valence electrons. The molecule has 1 aliphatic heterocycles. The van der Waals surface area contributed by atoms with Crippen LogP contribution < -0.4 is 10.1 Å². The van der Waals surface area contributed by atoms with Gasteiger partial charge in [0.05, 0.1) is 5.75 Å². The lowest BCUT2D eigenvalue weighted by Crippen LogP contribution is -2.37. The van der Waals surface area contributed by atoms with E-state index >= 15 is 0 Å². The minimum absolute atomic E-state index is 0.176. The molecular weight excluding hydrogens is 376 g/mol. The third-order valence-electron chi connectivity index (χ3n) is 4.01. The molecule has 6 nitrogen and oxygen atoms in total. The molecule has 0 bridgehead atoms. The quantitative estimate of drug-likeness (QED) is 0.694. The van der Waals surface area contributed by atoms with Crippen LogP contribution >= 0.6 is 11.8 Å². The number of carbonyl (C=O) groups excluding carboxylic acids is 3. The lowest BCUT2D eigenvalue weighted by Gasteiger charge is -2.12. The first-order chi connectivity index (χ1) is 13.6. The first-order valence-electron chi connectivity index (χ1n) is 8.81. The Balaban J connectivity index is 1.46. The maximum Gasteiger partial charge on any atom is 0.288 e. The van der Waals surface area contributed by atoms with Crippen LogP contribution in [-0.2, 0) is 16.2 Å². The second-order valence-electron chi connectivity index (χ2n) is 6.07. The topological polar surface area (TPSA) is 75.7 Å². The Labute approximate surface area is 167 Å². The van der Waals surface area contributed by atoms with E-state index in [-0.39, 0.29) is 35.9 Å². The lowest BCUT2D eigenvalue weighted by molar-refractivity contribution is -0.125. The Morgan fingerprint density at radius 2 is 1.96 bits per heavy atom. The van der Waals surface area contributed by atoms with Gasteiger partial charge in [-0.2, -0.15) is 0 Å². The molecular formula is C21H20N2O4S. The first kappa shape index (κ1) is 19.7. The lowest BCUT2D eigenvalue weighted by atomic mass is 10.2. The van der Waals surface area contributed by atoms with E-state index in [1.54, 1.807) is 6.08 Å². The zero-order valence-corrected chi connectivity index (χ0v) is 16.0. The van der Waals surface area contributed by atoms with Gasteiger partial charge < -0.3 is 10.1 Å². The third kappa shape index (κ3) is 5.72. The van der Waals surface area contributed by atoms with Gasteiger partial charge in [-0.15, -0.1) is 0 Å². The number of imide groups is 1. The van der Waals surface area contributed by atoms with Crippen LogP contribution in [0.1, 0.15) is 11.1 Å². The van der Waals surface area contributed by atoms with E-state index in [1.807, 2.05) is 54.6 Å². The van der Waals surface area contributed by atoms with Crippen LogP contribution in [0, 0.1) is 0 Å². The van der Waals surface area contributed by atoms with Crippen LogP contribution in [0.4, 0.5) is 4.79 Å². The Kier molecular flexibility index (Phi) is 6.86. The molecule has 3 amide bonds. The van der Waals surface area contributed by atoms with Crippen LogP contribution in [0.25, 0.3) is 6.08 Å². The normalized spacial score (nSPS) is 13.9. The number of nitrogens with one attached hydrogen (secondary N) is 1. The molecule has 2 aromatic rings. The van der Waals surface area contributed by atoms with Crippen LogP contribution in [0.2, 0.25) is 0 Å². The van der Waals surface area contributed by atoms with Gasteiger partial charge in [0, 0.05) is 19.2 Å². The van der Waals surface area contributed by atoms with E-state index in [0.29, 0.717) is 6.61 Å². The van der Waals surface area contributed by atoms with Crippen molar-refractivity contribution in [3.63, 3.8) is 0 Å². The summed E-state index contributed by atoms with van der Waals surface area (Å²) < 4.78 is 5.78. The third-order valence-corrected chi connectivity index (χ3v) is 4.87. The highest BCUT2D eigenvalue weighted by molar-refractivity contribution is 8.14. The van der Waals surface area contributed by atoms with E-state index in [0.717, 1.165) is 33.5 Å². The Hall–Kier alpha value is -3.06. The van der Waals surface area contributed by atoms with Crippen molar-refractivity contribution in [1.29, 1.82) is 0 Å². The fourth-order valence-electron chi connectivity index (χ4n) is 2.57. The predicted octanol–water partition coefficient (Wildman–Crippen LogP) is 3.09. The van der Waals surface area contributed by atoms with Crippen molar-refractivity contribution in [2.75, 3.05) is 18.8 Å². The number of nitrogens with zero attached hydrogens (tertiary/aromatic N) is 1. The van der Waals surface area contributed by atoms with Gasteiger partial charge in [-0.05, 0) is 29.3 Å². The number of benzene rings is 2. The van der Waals surface area contributed by atoms with Crippen molar-refractivity contribution >= 4 is 34.9 Å². The number of ether oxygens (including phenoxy) is 1. The zero-order chi connectivity index (χ0) is 19.8. The summed E-state index contributed by atoms with van der Waals surface area (Å²) in [6, 6.07) is 17.3. The maximum absolute atomic E-state index is 11.9. The van der Waals surface area contributed by atoms with Crippen molar-refractivity contribution in [1.82, 2.24) is 10.2 Å². The average molecular weight is 396 g/mol. The molecule has 0 aliphatic carbocycles. The molecule has 7 heteroatoms. The van der Waals surface area contributed by atoms with Crippen LogP contribution in [0.15, 0.2) is 60.7 Å². The van der Waals surface area contributed by atoms with Crippen molar-refractivity contribution in [2.45, 2.75) is 6.61 Å². The molecule has 3 rings (SSSR count).